The molecule has 102 valence electrons. The number of nitrogens with one attached hydrogen (secondary N) is 1. The fourth-order valence-electron chi connectivity index (χ4n) is 2.38. The first-order valence-corrected chi connectivity index (χ1v) is 6.55. The summed E-state index contributed by atoms with van der Waals surface area (Å²) in [4.78, 5) is 0. The SMILES string of the molecule is C[C@@H](N[C@@H](CO)CC1(C)CC1)c1ccccc1.Cl. The normalized spacial score (nSPS) is 19.7. The third kappa shape index (κ3) is 4.27. The summed E-state index contributed by atoms with van der Waals surface area (Å²) in [6.07, 6.45) is 3.70. The largest absolute Gasteiger partial charge is 0.395 e. The van der Waals surface area contributed by atoms with E-state index >= 15 is 0 Å². The third-order valence-electron chi connectivity index (χ3n) is 3.85. The van der Waals surface area contributed by atoms with E-state index in [0.29, 0.717) is 11.5 Å². The molecule has 1 aliphatic carbocycles. The third-order valence-corrected chi connectivity index (χ3v) is 3.85. The first kappa shape index (κ1) is 15.5. The maximum absolute atomic E-state index is 9.45. The second-order valence-corrected chi connectivity index (χ2v) is 5.69. The van der Waals surface area contributed by atoms with Crippen LogP contribution in [0.3, 0.4) is 0 Å². The van der Waals surface area contributed by atoms with Gasteiger partial charge in [0.05, 0.1) is 6.61 Å². The summed E-state index contributed by atoms with van der Waals surface area (Å²) in [5.41, 5.74) is 1.77. The van der Waals surface area contributed by atoms with Crippen LogP contribution in [0.1, 0.15) is 44.7 Å². The highest BCUT2D eigenvalue weighted by Gasteiger charge is 2.39. The number of aliphatic hydroxyl groups is 1. The topological polar surface area (TPSA) is 32.3 Å². The van der Waals surface area contributed by atoms with Gasteiger partial charge in [-0.25, -0.2) is 0 Å². The summed E-state index contributed by atoms with van der Waals surface area (Å²) < 4.78 is 0. The van der Waals surface area contributed by atoms with Gasteiger partial charge in [-0.2, -0.15) is 0 Å². The van der Waals surface area contributed by atoms with Crippen LogP contribution in [0.4, 0.5) is 0 Å². The molecule has 0 saturated heterocycles. The fraction of sp³-hybridized carbons (Fsp3) is 0.600. The van der Waals surface area contributed by atoms with E-state index in [2.05, 4.69) is 43.4 Å². The highest BCUT2D eigenvalue weighted by Crippen LogP contribution is 2.48. The van der Waals surface area contributed by atoms with E-state index in [-0.39, 0.29) is 25.1 Å². The molecule has 1 fully saturated rings. The smallest absolute Gasteiger partial charge is 0.0585 e. The second kappa shape index (κ2) is 6.55. The lowest BCUT2D eigenvalue weighted by molar-refractivity contribution is 0.208. The monoisotopic (exact) mass is 269 g/mol. The maximum Gasteiger partial charge on any atom is 0.0585 e. The Kier molecular flexibility index (Phi) is 5.64. The quantitative estimate of drug-likeness (QED) is 0.830. The Labute approximate surface area is 116 Å². The van der Waals surface area contributed by atoms with E-state index < -0.39 is 0 Å². The zero-order valence-corrected chi connectivity index (χ0v) is 12.0. The zero-order chi connectivity index (χ0) is 12.3. The fourth-order valence-corrected chi connectivity index (χ4v) is 2.38. The molecule has 0 heterocycles. The van der Waals surface area contributed by atoms with Crippen molar-refractivity contribution in [2.45, 2.75) is 45.2 Å². The molecular weight excluding hydrogens is 246 g/mol. The van der Waals surface area contributed by atoms with Crippen molar-refractivity contribution in [3.8, 4) is 0 Å². The lowest BCUT2D eigenvalue weighted by atomic mass is 9.98. The van der Waals surface area contributed by atoms with Gasteiger partial charge in [0.25, 0.3) is 0 Å². The van der Waals surface area contributed by atoms with Crippen LogP contribution in [0.25, 0.3) is 0 Å². The molecule has 0 aromatic heterocycles. The van der Waals surface area contributed by atoms with Gasteiger partial charge in [0, 0.05) is 12.1 Å². The Balaban J connectivity index is 0.00000162. The Morgan fingerprint density at radius 2 is 1.89 bits per heavy atom. The van der Waals surface area contributed by atoms with Gasteiger partial charge in [-0.1, -0.05) is 37.3 Å². The van der Waals surface area contributed by atoms with Gasteiger partial charge in [0.15, 0.2) is 0 Å². The molecule has 1 aromatic rings. The van der Waals surface area contributed by atoms with Gasteiger partial charge in [-0.05, 0) is 37.2 Å². The summed E-state index contributed by atoms with van der Waals surface area (Å²) in [7, 11) is 0. The lowest BCUT2D eigenvalue weighted by Gasteiger charge is -2.24. The molecule has 1 aromatic carbocycles. The molecule has 0 unspecified atom stereocenters. The molecule has 2 atom stereocenters. The Morgan fingerprint density at radius 1 is 1.28 bits per heavy atom. The molecule has 0 aliphatic heterocycles. The van der Waals surface area contributed by atoms with Crippen LogP contribution in [0.5, 0.6) is 0 Å². The number of aliphatic hydroxyl groups excluding tert-OH is 1. The highest BCUT2D eigenvalue weighted by molar-refractivity contribution is 5.85. The minimum Gasteiger partial charge on any atom is -0.395 e. The molecule has 0 bridgehead atoms. The van der Waals surface area contributed by atoms with Crippen LogP contribution >= 0.6 is 12.4 Å². The zero-order valence-electron chi connectivity index (χ0n) is 11.2. The average Bonchev–Trinajstić information content (AvgIpc) is 3.07. The van der Waals surface area contributed by atoms with Crippen LogP contribution in [0.15, 0.2) is 30.3 Å². The van der Waals surface area contributed by atoms with Crippen molar-refractivity contribution in [1.82, 2.24) is 5.32 Å². The molecular formula is C15H24ClNO. The van der Waals surface area contributed by atoms with Crippen LogP contribution in [-0.4, -0.2) is 17.8 Å². The van der Waals surface area contributed by atoms with E-state index in [1.807, 2.05) is 6.07 Å². The number of rotatable bonds is 6. The number of hydrogen-bond donors (Lipinski definition) is 2. The molecule has 18 heavy (non-hydrogen) atoms. The van der Waals surface area contributed by atoms with Crippen molar-refractivity contribution in [3.63, 3.8) is 0 Å². The summed E-state index contributed by atoms with van der Waals surface area (Å²) >= 11 is 0. The average molecular weight is 270 g/mol. The van der Waals surface area contributed by atoms with E-state index in [1.165, 1.54) is 18.4 Å². The standard InChI is InChI=1S/C15H23NO.ClH/c1-12(13-6-4-3-5-7-13)16-14(11-17)10-15(2)8-9-15;/h3-7,12,14,16-17H,8-11H2,1-2H3;1H/t12-,14-;/m1./s1. The van der Waals surface area contributed by atoms with Gasteiger partial charge < -0.3 is 10.4 Å². The van der Waals surface area contributed by atoms with Crippen molar-refractivity contribution in [2.24, 2.45) is 5.41 Å². The van der Waals surface area contributed by atoms with Crippen molar-refractivity contribution >= 4 is 12.4 Å². The lowest BCUT2D eigenvalue weighted by Crippen LogP contribution is -2.36. The van der Waals surface area contributed by atoms with Crippen LogP contribution < -0.4 is 5.32 Å². The van der Waals surface area contributed by atoms with Crippen LogP contribution in [-0.2, 0) is 0 Å². The van der Waals surface area contributed by atoms with Gasteiger partial charge in [-0.15, -0.1) is 12.4 Å². The highest BCUT2D eigenvalue weighted by atomic mass is 35.5. The minimum atomic E-state index is 0. The Bertz CT molecular complexity index is 351. The van der Waals surface area contributed by atoms with Gasteiger partial charge in [0.2, 0.25) is 0 Å². The molecule has 3 heteroatoms. The molecule has 0 radical (unpaired) electrons. The maximum atomic E-state index is 9.45. The summed E-state index contributed by atoms with van der Waals surface area (Å²) in [6.45, 7) is 4.70. The second-order valence-electron chi connectivity index (χ2n) is 5.69. The molecule has 2 rings (SSSR count). The molecule has 0 spiro atoms. The number of hydrogen-bond acceptors (Lipinski definition) is 2. The summed E-state index contributed by atoms with van der Waals surface area (Å²) in [5.74, 6) is 0. The van der Waals surface area contributed by atoms with Gasteiger partial charge >= 0.3 is 0 Å². The predicted octanol–water partition coefficient (Wildman–Crippen LogP) is 3.31. The van der Waals surface area contributed by atoms with Crippen molar-refractivity contribution in [2.75, 3.05) is 6.61 Å². The molecule has 1 saturated carbocycles. The van der Waals surface area contributed by atoms with Crippen molar-refractivity contribution < 1.29 is 5.11 Å². The molecule has 2 N–H and O–H groups in total. The predicted molar refractivity (Wildman–Crippen MR) is 78.1 cm³/mol. The van der Waals surface area contributed by atoms with Gasteiger partial charge in [-0.3, -0.25) is 0 Å². The van der Waals surface area contributed by atoms with Crippen molar-refractivity contribution in [1.29, 1.82) is 0 Å². The Hall–Kier alpha value is -0.570. The van der Waals surface area contributed by atoms with Crippen LogP contribution in [0.2, 0.25) is 0 Å². The van der Waals surface area contributed by atoms with E-state index in [9.17, 15) is 5.11 Å². The summed E-state index contributed by atoms with van der Waals surface area (Å²) in [5, 5.41) is 13.0. The van der Waals surface area contributed by atoms with E-state index in [0.717, 1.165) is 6.42 Å². The van der Waals surface area contributed by atoms with E-state index in [1.54, 1.807) is 0 Å². The minimum absolute atomic E-state index is 0. The van der Waals surface area contributed by atoms with Crippen LogP contribution in [0, 0.1) is 5.41 Å². The first-order valence-electron chi connectivity index (χ1n) is 6.55. The van der Waals surface area contributed by atoms with Crippen molar-refractivity contribution in [3.05, 3.63) is 35.9 Å². The molecule has 1 aliphatic rings. The molecule has 2 nitrogen and oxygen atoms in total. The first-order chi connectivity index (χ1) is 8.13. The van der Waals surface area contributed by atoms with Gasteiger partial charge in [0.1, 0.15) is 0 Å². The number of benzene rings is 1. The number of halogens is 1. The molecule has 0 amide bonds. The Morgan fingerprint density at radius 3 is 2.39 bits per heavy atom. The van der Waals surface area contributed by atoms with E-state index in [4.69, 9.17) is 0 Å². The summed E-state index contributed by atoms with van der Waals surface area (Å²) in [6, 6.07) is 10.9.